The van der Waals surface area contributed by atoms with Crippen molar-refractivity contribution in [2.24, 2.45) is 0 Å². The molecule has 1 saturated carbocycles. The predicted octanol–water partition coefficient (Wildman–Crippen LogP) is 6.33. The van der Waals surface area contributed by atoms with Crippen LogP contribution >= 0.6 is 11.6 Å². The lowest BCUT2D eigenvalue weighted by Crippen LogP contribution is -2.50. The van der Waals surface area contributed by atoms with Crippen LogP contribution in [0.1, 0.15) is 69.9 Å². The van der Waals surface area contributed by atoms with E-state index in [9.17, 15) is 18.8 Å². The van der Waals surface area contributed by atoms with Crippen molar-refractivity contribution in [2.45, 2.75) is 82.9 Å². The van der Waals surface area contributed by atoms with Gasteiger partial charge in [-0.05, 0) is 63.3 Å². The molecule has 1 aliphatic carbocycles. The molecule has 2 aliphatic rings. The summed E-state index contributed by atoms with van der Waals surface area (Å²) in [4.78, 5) is 43.2. The molecule has 2 unspecified atom stereocenters. The van der Waals surface area contributed by atoms with E-state index in [1.54, 1.807) is 31.7 Å². The van der Waals surface area contributed by atoms with Crippen molar-refractivity contribution in [1.82, 2.24) is 9.80 Å². The number of aliphatic hydroxyl groups excluding tert-OH is 1. The molecule has 1 heterocycles. The van der Waals surface area contributed by atoms with Gasteiger partial charge in [0.05, 0.1) is 17.0 Å². The molecule has 2 atom stereocenters. The fourth-order valence-corrected chi connectivity index (χ4v) is 5.39. The maximum atomic E-state index is 14.6. The average molecular weight is 591 g/mol. The molecule has 41 heavy (non-hydrogen) atoms. The molecule has 0 bridgehead atoms. The first-order valence-electron chi connectivity index (χ1n) is 14.0. The molecule has 0 spiro atoms. The number of cyclic esters (lactones) is 1. The van der Waals surface area contributed by atoms with Gasteiger partial charge in [0.2, 0.25) is 5.91 Å². The number of benzene rings is 2. The maximum Gasteiger partial charge on any atom is 0.417 e. The van der Waals surface area contributed by atoms with Crippen molar-refractivity contribution >= 4 is 29.7 Å². The fourth-order valence-electron chi connectivity index (χ4n) is 5.27. The molecule has 4 rings (SSSR count). The van der Waals surface area contributed by atoms with Gasteiger partial charge in [-0.2, -0.15) is 0 Å². The lowest BCUT2D eigenvalue weighted by molar-refractivity contribution is -0.131. The fraction of sp³-hybridized carbons (Fsp3) is 0.516. The van der Waals surface area contributed by atoms with Gasteiger partial charge in [-0.15, -0.1) is 0 Å². The molecule has 2 aromatic carbocycles. The van der Waals surface area contributed by atoms with E-state index >= 15 is 0 Å². The summed E-state index contributed by atoms with van der Waals surface area (Å²) in [5.74, 6) is -2.27. The van der Waals surface area contributed by atoms with E-state index in [-0.39, 0.29) is 24.2 Å². The Morgan fingerprint density at radius 3 is 2.39 bits per heavy atom. The standard InChI is InChI=1S/C30H36ClFN2O5.CH4O/c1-30(2,3)39-28(36)33(22-12-8-5-9-13-22)18-24(21-14-15-25(31)26(32)17-21)27(35)34-23(19-38-29(34)37)16-20-10-6-4-7-11-20;1-2/h4,6-7,10-11,14-15,17,22-24H,5,8-9,12-13,16,18-19H2,1-3H3;2H,1H3. The maximum absolute atomic E-state index is 14.6. The molecular formula is C31H40ClFN2O6. The van der Waals surface area contributed by atoms with Gasteiger partial charge in [-0.1, -0.05) is 67.3 Å². The second-order valence-electron chi connectivity index (χ2n) is 11.3. The van der Waals surface area contributed by atoms with Crippen LogP contribution in [-0.2, 0) is 20.7 Å². The van der Waals surface area contributed by atoms with Crippen molar-refractivity contribution in [3.8, 4) is 0 Å². The van der Waals surface area contributed by atoms with Crippen LogP contribution in [0.15, 0.2) is 48.5 Å². The molecule has 8 nitrogen and oxygen atoms in total. The lowest BCUT2D eigenvalue weighted by Gasteiger charge is -2.38. The predicted molar refractivity (Wildman–Crippen MR) is 154 cm³/mol. The van der Waals surface area contributed by atoms with Crippen LogP contribution in [0.25, 0.3) is 0 Å². The number of halogens is 2. The van der Waals surface area contributed by atoms with E-state index < -0.39 is 41.5 Å². The van der Waals surface area contributed by atoms with E-state index in [4.69, 9.17) is 26.2 Å². The summed E-state index contributed by atoms with van der Waals surface area (Å²) in [6.07, 6.45) is 3.66. The Balaban J connectivity index is 0.00000226. The molecule has 2 fully saturated rings. The molecule has 1 aliphatic heterocycles. The number of hydrogen-bond donors (Lipinski definition) is 1. The number of carbonyl (C=O) groups excluding carboxylic acids is 3. The minimum Gasteiger partial charge on any atom is -0.447 e. The number of carbonyl (C=O) groups is 3. The number of amides is 3. The minimum absolute atomic E-state index is 0.0551. The van der Waals surface area contributed by atoms with Crippen LogP contribution in [0, 0.1) is 5.82 Å². The normalized spacial score (nSPS) is 18.2. The van der Waals surface area contributed by atoms with Crippen LogP contribution in [0.4, 0.5) is 14.0 Å². The van der Waals surface area contributed by atoms with Crippen LogP contribution in [-0.4, -0.2) is 70.9 Å². The Bertz CT molecular complexity index is 1180. The zero-order valence-electron chi connectivity index (χ0n) is 24.1. The number of hydrogen-bond acceptors (Lipinski definition) is 6. The van der Waals surface area contributed by atoms with Gasteiger partial charge in [-0.3, -0.25) is 4.79 Å². The summed E-state index contributed by atoms with van der Waals surface area (Å²) >= 11 is 5.95. The van der Waals surface area contributed by atoms with Crippen LogP contribution in [0.2, 0.25) is 5.02 Å². The SMILES string of the molecule is CC(C)(C)OC(=O)N(CC(C(=O)N1C(=O)OCC1Cc1ccccc1)c1ccc(Cl)c(F)c1)C1CCCCC1.CO. The zero-order chi connectivity index (χ0) is 30.2. The zero-order valence-corrected chi connectivity index (χ0v) is 24.9. The third-order valence-electron chi connectivity index (χ3n) is 7.18. The van der Waals surface area contributed by atoms with Gasteiger partial charge < -0.3 is 19.5 Å². The van der Waals surface area contributed by atoms with Gasteiger partial charge in [0.25, 0.3) is 0 Å². The Morgan fingerprint density at radius 1 is 1.12 bits per heavy atom. The molecule has 0 aromatic heterocycles. The first-order chi connectivity index (χ1) is 19.5. The highest BCUT2D eigenvalue weighted by Crippen LogP contribution is 2.32. The molecule has 1 saturated heterocycles. The number of rotatable bonds is 7. The number of aliphatic hydroxyl groups is 1. The summed E-state index contributed by atoms with van der Waals surface area (Å²) in [5.41, 5.74) is 0.532. The number of ether oxygens (including phenoxy) is 2. The van der Waals surface area contributed by atoms with Crippen molar-refractivity contribution in [3.63, 3.8) is 0 Å². The third-order valence-corrected chi connectivity index (χ3v) is 7.49. The summed E-state index contributed by atoms with van der Waals surface area (Å²) in [6.45, 7) is 5.35. The van der Waals surface area contributed by atoms with Crippen molar-refractivity contribution in [3.05, 3.63) is 70.5 Å². The Labute approximate surface area is 246 Å². The van der Waals surface area contributed by atoms with E-state index in [2.05, 4.69) is 0 Å². The summed E-state index contributed by atoms with van der Waals surface area (Å²) < 4.78 is 25.7. The van der Waals surface area contributed by atoms with Crippen LogP contribution < -0.4 is 0 Å². The average Bonchev–Trinajstić information content (AvgIpc) is 3.31. The second kappa shape index (κ2) is 14.6. The molecule has 3 amide bonds. The largest absolute Gasteiger partial charge is 0.447 e. The highest BCUT2D eigenvalue weighted by atomic mass is 35.5. The third kappa shape index (κ3) is 8.66. The highest BCUT2D eigenvalue weighted by molar-refractivity contribution is 6.30. The van der Waals surface area contributed by atoms with Gasteiger partial charge in [0.1, 0.15) is 18.0 Å². The molecule has 0 radical (unpaired) electrons. The van der Waals surface area contributed by atoms with E-state index in [0.717, 1.165) is 49.7 Å². The molecule has 1 N–H and O–H groups in total. The molecule has 2 aromatic rings. The monoisotopic (exact) mass is 590 g/mol. The molecule has 10 heteroatoms. The van der Waals surface area contributed by atoms with Gasteiger partial charge in [0, 0.05) is 19.7 Å². The summed E-state index contributed by atoms with van der Waals surface area (Å²) in [6, 6.07) is 13.0. The van der Waals surface area contributed by atoms with Crippen molar-refractivity contribution in [2.75, 3.05) is 20.3 Å². The van der Waals surface area contributed by atoms with Crippen LogP contribution in [0.5, 0.6) is 0 Å². The first kappa shape index (κ1) is 32.3. The Morgan fingerprint density at radius 2 is 1.78 bits per heavy atom. The number of imide groups is 1. The smallest absolute Gasteiger partial charge is 0.417 e. The van der Waals surface area contributed by atoms with Gasteiger partial charge >= 0.3 is 12.2 Å². The Kier molecular flexibility index (Phi) is 11.5. The van der Waals surface area contributed by atoms with E-state index in [1.165, 1.54) is 12.1 Å². The quantitative estimate of drug-likeness (QED) is 0.405. The highest BCUT2D eigenvalue weighted by Gasteiger charge is 2.43. The summed E-state index contributed by atoms with van der Waals surface area (Å²) in [5, 5.41) is 6.92. The van der Waals surface area contributed by atoms with Gasteiger partial charge in [-0.25, -0.2) is 18.9 Å². The van der Waals surface area contributed by atoms with Crippen LogP contribution in [0.3, 0.4) is 0 Å². The van der Waals surface area contributed by atoms with E-state index in [0.29, 0.717) is 12.0 Å². The topological polar surface area (TPSA) is 96.4 Å². The molecule has 224 valence electrons. The minimum atomic E-state index is -1.03. The van der Waals surface area contributed by atoms with Crippen molar-refractivity contribution in [1.29, 1.82) is 0 Å². The second-order valence-corrected chi connectivity index (χ2v) is 11.7. The number of nitrogens with zero attached hydrogens (tertiary/aromatic N) is 2. The van der Waals surface area contributed by atoms with E-state index in [1.807, 2.05) is 30.3 Å². The summed E-state index contributed by atoms with van der Waals surface area (Å²) in [7, 11) is 1.00. The lowest BCUT2D eigenvalue weighted by atomic mass is 9.91. The molecular weight excluding hydrogens is 551 g/mol. The first-order valence-corrected chi connectivity index (χ1v) is 14.3. The van der Waals surface area contributed by atoms with Gasteiger partial charge in [0.15, 0.2) is 0 Å². The Hall–Kier alpha value is -3.17. The van der Waals surface area contributed by atoms with Crippen molar-refractivity contribution < 1.29 is 33.4 Å².